The molecule has 222 valence electrons. The molecule has 4 atom stereocenters. The summed E-state index contributed by atoms with van der Waals surface area (Å²) in [5, 5.41) is 27.0. The molecular formula is C27H37N7O6S. The summed E-state index contributed by atoms with van der Waals surface area (Å²) < 4.78 is 0. The number of hydrogen-bond donors (Lipinski definition) is 9. The van der Waals surface area contributed by atoms with E-state index in [-0.39, 0.29) is 49.7 Å². The molecule has 0 saturated heterocycles. The third kappa shape index (κ3) is 11.8. The lowest BCUT2D eigenvalue weighted by Gasteiger charge is -2.25. The highest BCUT2D eigenvalue weighted by atomic mass is 32.1. The van der Waals surface area contributed by atoms with Crippen molar-refractivity contribution < 1.29 is 29.4 Å². The smallest absolute Gasteiger partial charge is 0.326 e. The molecule has 2 aromatic carbocycles. The molecule has 3 amide bonds. The lowest BCUT2D eigenvalue weighted by atomic mass is 10.0. The van der Waals surface area contributed by atoms with E-state index in [1.54, 1.807) is 42.5 Å². The molecule has 0 heterocycles. The number of aromatic hydroxyl groups is 1. The lowest BCUT2D eigenvalue weighted by Crippen LogP contribution is -2.58. The van der Waals surface area contributed by atoms with Crippen molar-refractivity contribution in [1.82, 2.24) is 16.0 Å². The Balaban J connectivity index is 2.27. The minimum absolute atomic E-state index is 0.0271. The van der Waals surface area contributed by atoms with Crippen LogP contribution in [0.25, 0.3) is 0 Å². The summed E-state index contributed by atoms with van der Waals surface area (Å²) in [5.41, 5.74) is 17.7. The molecule has 0 aliphatic carbocycles. The number of aliphatic imine (C=N–C) groups is 1. The molecular weight excluding hydrogens is 550 g/mol. The van der Waals surface area contributed by atoms with Gasteiger partial charge in [-0.25, -0.2) is 4.79 Å². The number of benzene rings is 2. The fourth-order valence-corrected chi connectivity index (χ4v) is 3.97. The summed E-state index contributed by atoms with van der Waals surface area (Å²) in [7, 11) is 0. The first-order valence-electron chi connectivity index (χ1n) is 12.9. The van der Waals surface area contributed by atoms with E-state index in [4.69, 9.17) is 17.2 Å². The Morgan fingerprint density at radius 1 is 0.805 bits per heavy atom. The molecule has 0 bridgehead atoms. The van der Waals surface area contributed by atoms with Crippen LogP contribution in [0.15, 0.2) is 59.6 Å². The predicted octanol–water partition coefficient (Wildman–Crippen LogP) is -0.973. The zero-order chi connectivity index (χ0) is 30.4. The van der Waals surface area contributed by atoms with Crippen LogP contribution in [-0.2, 0) is 32.0 Å². The van der Waals surface area contributed by atoms with E-state index in [2.05, 4.69) is 33.6 Å². The standard InChI is InChI=1S/C27H37N7O6S/c28-19(15-41)23(36)33-21(14-17-8-10-18(35)11-9-17)25(38)34-22(13-16-5-2-1-3-6-16)24(37)32-20(26(39)40)7-4-12-31-27(29)30/h1-3,5-6,8-11,19-22,35,41H,4,7,12-15,28H2,(H,32,37)(H,33,36)(H,34,38)(H,39,40)(H4,29,30,31). The second-order valence-corrected chi connectivity index (χ2v) is 9.69. The number of aliphatic carboxylic acids is 1. The van der Waals surface area contributed by atoms with Crippen LogP contribution in [0.2, 0.25) is 0 Å². The highest BCUT2D eigenvalue weighted by molar-refractivity contribution is 7.80. The van der Waals surface area contributed by atoms with Gasteiger partial charge in [0, 0.05) is 25.1 Å². The molecule has 0 spiro atoms. The Hall–Kier alpha value is -4.30. The summed E-state index contributed by atoms with van der Waals surface area (Å²) in [6, 6.07) is 10.4. The van der Waals surface area contributed by atoms with Crippen LogP contribution in [0.5, 0.6) is 5.75 Å². The van der Waals surface area contributed by atoms with Crippen molar-refractivity contribution in [3.8, 4) is 5.75 Å². The van der Waals surface area contributed by atoms with E-state index >= 15 is 0 Å². The van der Waals surface area contributed by atoms with Crippen molar-refractivity contribution >= 4 is 42.3 Å². The predicted molar refractivity (Wildman–Crippen MR) is 157 cm³/mol. The van der Waals surface area contributed by atoms with Gasteiger partial charge in [0.15, 0.2) is 5.96 Å². The van der Waals surface area contributed by atoms with Crippen LogP contribution in [0.1, 0.15) is 24.0 Å². The van der Waals surface area contributed by atoms with Gasteiger partial charge in [-0.2, -0.15) is 12.6 Å². The summed E-state index contributed by atoms with van der Waals surface area (Å²) in [4.78, 5) is 55.0. The fraction of sp³-hybridized carbons (Fsp3) is 0.370. The van der Waals surface area contributed by atoms with E-state index in [9.17, 15) is 29.4 Å². The van der Waals surface area contributed by atoms with Crippen molar-refractivity contribution in [3.05, 3.63) is 65.7 Å². The second kappa shape index (κ2) is 16.7. The number of nitrogens with one attached hydrogen (secondary N) is 3. The average molecular weight is 588 g/mol. The van der Waals surface area contributed by atoms with Crippen LogP contribution in [0, 0.1) is 0 Å². The summed E-state index contributed by atoms with van der Waals surface area (Å²) >= 11 is 4.03. The number of rotatable bonds is 16. The van der Waals surface area contributed by atoms with Gasteiger partial charge in [0.05, 0.1) is 6.04 Å². The SMILES string of the molecule is NC(N)=NCCCC(NC(=O)C(Cc1ccccc1)NC(=O)C(Cc1ccc(O)cc1)NC(=O)C(N)CS)C(=O)O. The van der Waals surface area contributed by atoms with Crippen molar-refractivity contribution in [2.45, 2.75) is 49.9 Å². The minimum atomic E-state index is -1.26. The van der Waals surface area contributed by atoms with E-state index in [0.717, 1.165) is 0 Å². The maximum absolute atomic E-state index is 13.5. The van der Waals surface area contributed by atoms with Gasteiger partial charge in [0.2, 0.25) is 17.7 Å². The average Bonchev–Trinajstić information content (AvgIpc) is 2.94. The Morgan fingerprint density at radius 2 is 1.32 bits per heavy atom. The number of nitrogens with two attached hydrogens (primary N) is 3. The van der Waals surface area contributed by atoms with Gasteiger partial charge in [-0.3, -0.25) is 19.4 Å². The summed E-state index contributed by atoms with van der Waals surface area (Å²) in [5.74, 6) is -3.34. The van der Waals surface area contributed by atoms with E-state index in [0.29, 0.717) is 11.1 Å². The Kier molecular flexibility index (Phi) is 13.4. The lowest BCUT2D eigenvalue weighted by molar-refractivity contribution is -0.142. The third-order valence-electron chi connectivity index (χ3n) is 6.02. The van der Waals surface area contributed by atoms with Gasteiger partial charge in [-0.1, -0.05) is 42.5 Å². The molecule has 11 N–H and O–H groups in total. The Labute approximate surface area is 243 Å². The molecule has 0 saturated carbocycles. The monoisotopic (exact) mass is 587 g/mol. The number of phenols is 1. The summed E-state index contributed by atoms with van der Waals surface area (Å²) in [6.07, 6.45) is 0.413. The first kappa shape index (κ1) is 32.9. The number of carboxylic acids is 1. The zero-order valence-corrected chi connectivity index (χ0v) is 23.3. The first-order chi connectivity index (χ1) is 19.5. The van der Waals surface area contributed by atoms with Gasteiger partial charge in [-0.05, 0) is 36.1 Å². The first-order valence-corrected chi connectivity index (χ1v) is 13.5. The van der Waals surface area contributed by atoms with E-state index in [1.807, 2.05) is 0 Å². The quantitative estimate of drug-likeness (QED) is 0.0507. The Morgan fingerprint density at radius 3 is 1.83 bits per heavy atom. The van der Waals surface area contributed by atoms with E-state index in [1.165, 1.54) is 12.1 Å². The number of carbonyl (C=O) groups is 4. The molecule has 0 fully saturated rings. The molecule has 2 rings (SSSR count). The minimum Gasteiger partial charge on any atom is -0.508 e. The number of thiol groups is 1. The zero-order valence-electron chi connectivity index (χ0n) is 22.4. The van der Waals surface area contributed by atoms with Gasteiger partial charge in [0.25, 0.3) is 0 Å². The van der Waals surface area contributed by atoms with Crippen LogP contribution >= 0.6 is 12.6 Å². The van der Waals surface area contributed by atoms with Crippen molar-refractivity contribution in [2.75, 3.05) is 12.3 Å². The molecule has 0 aromatic heterocycles. The Bertz CT molecular complexity index is 1190. The van der Waals surface area contributed by atoms with Gasteiger partial charge < -0.3 is 43.4 Å². The molecule has 41 heavy (non-hydrogen) atoms. The molecule has 4 unspecified atom stereocenters. The molecule has 0 aliphatic rings. The number of carbonyl (C=O) groups excluding carboxylic acids is 3. The highest BCUT2D eigenvalue weighted by Crippen LogP contribution is 2.12. The number of phenolic OH excluding ortho intramolecular Hbond substituents is 1. The topological polar surface area (TPSA) is 235 Å². The largest absolute Gasteiger partial charge is 0.508 e. The van der Waals surface area contributed by atoms with Crippen molar-refractivity contribution in [3.63, 3.8) is 0 Å². The van der Waals surface area contributed by atoms with Crippen LogP contribution in [0.3, 0.4) is 0 Å². The molecule has 0 aliphatic heterocycles. The molecule has 2 aromatic rings. The third-order valence-corrected chi connectivity index (χ3v) is 6.41. The second-order valence-electron chi connectivity index (χ2n) is 9.32. The number of carboxylic acid groups (broad SMARTS) is 1. The number of guanidine groups is 1. The van der Waals surface area contributed by atoms with Crippen molar-refractivity contribution in [1.29, 1.82) is 0 Å². The highest BCUT2D eigenvalue weighted by Gasteiger charge is 2.30. The summed E-state index contributed by atoms with van der Waals surface area (Å²) in [6.45, 7) is 0.180. The van der Waals surface area contributed by atoms with Crippen LogP contribution in [0.4, 0.5) is 0 Å². The number of hydrogen-bond acceptors (Lipinski definition) is 8. The maximum atomic E-state index is 13.5. The van der Waals surface area contributed by atoms with Gasteiger partial charge >= 0.3 is 5.97 Å². The fourth-order valence-electron chi connectivity index (χ4n) is 3.80. The van der Waals surface area contributed by atoms with Gasteiger partial charge in [-0.15, -0.1) is 0 Å². The molecule has 0 radical (unpaired) electrons. The molecule has 14 heteroatoms. The number of amides is 3. The van der Waals surface area contributed by atoms with E-state index < -0.39 is 47.9 Å². The van der Waals surface area contributed by atoms with Gasteiger partial charge in [0.1, 0.15) is 23.9 Å². The maximum Gasteiger partial charge on any atom is 0.326 e. The molecule has 13 nitrogen and oxygen atoms in total. The van der Waals surface area contributed by atoms with Crippen molar-refractivity contribution in [2.24, 2.45) is 22.2 Å². The van der Waals surface area contributed by atoms with Crippen LogP contribution < -0.4 is 33.2 Å². The number of nitrogens with zero attached hydrogens (tertiary/aromatic N) is 1. The van der Waals surface area contributed by atoms with Crippen LogP contribution in [-0.4, -0.2) is 76.3 Å². The normalized spacial score (nSPS) is 13.6.